The van der Waals surface area contributed by atoms with Crippen LogP contribution in [0.4, 0.5) is 13.2 Å². The third kappa shape index (κ3) is 5.08. The van der Waals surface area contributed by atoms with Crippen molar-refractivity contribution in [3.8, 4) is 5.75 Å². The maximum atomic E-state index is 12.9. The monoisotopic (exact) mass is 277 g/mol. The minimum Gasteiger partial charge on any atom is -0.493 e. The summed E-state index contributed by atoms with van der Waals surface area (Å²) in [7, 11) is 1.57. The first-order valence-electron chi connectivity index (χ1n) is 6.01. The predicted molar refractivity (Wildman–Crippen MR) is 66.2 cm³/mol. The van der Waals surface area contributed by atoms with Crippen molar-refractivity contribution in [1.29, 1.82) is 0 Å². The fraction of sp³-hybridized carbons (Fsp3) is 0.538. The van der Waals surface area contributed by atoms with Crippen LogP contribution >= 0.6 is 0 Å². The van der Waals surface area contributed by atoms with Gasteiger partial charge in [-0.25, -0.2) is 0 Å². The lowest BCUT2D eigenvalue weighted by molar-refractivity contribution is -0.139. The molecule has 108 valence electrons. The summed E-state index contributed by atoms with van der Waals surface area (Å²) in [6.07, 6.45) is -4.41. The molecule has 0 unspecified atom stereocenters. The van der Waals surface area contributed by atoms with E-state index in [0.717, 1.165) is 6.07 Å². The lowest BCUT2D eigenvalue weighted by Gasteiger charge is -2.14. The molecule has 0 atom stereocenters. The van der Waals surface area contributed by atoms with E-state index in [1.54, 1.807) is 20.1 Å². The second-order valence-corrected chi connectivity index (χ2v) is 3.93. The fourth-order valence-electron chi connectivity index (χ4n) is 1.60. The minimum absolute atomic E-state index is 0.129. The Morgan fingerprint density at radius 2 is 2.00 bits per heavy atom. The molecule has 0 bridgehead atoms. The van der Waals surface area contributed by atoms with E-state index in [0.29, 0.717) is 25.3 Å². The van der Waals surface area contributed by atoms with Gasteiger partial charge in [-0.05, 0) is 24.6 Å². The molecule has 19 heavy (non-hydrogen) atoms. The lowest BCUT2D eigenvalue weighted by atomic mass is 10.1. The van der Waals surface area contributed by atoms with Crippen LogP contribution < -0.4 is 10.1 Å². The zero-order chi connectivity index (χ0) is 14.3. The first kappa shape index (κ1) is 15.8. The molecule has 0 aromatic heterocycles. The molecule has 0 amide bonds. The van der Waals surface area contributed by atoms with Crippen LogP contribution in [0.5, 0.6) is 5.75 Å². The number of hydrogen-bond donors (Lipinski definition) is 1. The van der Waals surface area contributed by atoms with Crippen LogP contribution in [0.3, 0.4) is 0 Å². The molecule has 0 aliphatic heterocycles. The molecule has 6 heteroatoms. The van der Waals surface area contributed by atoms with Crippen LogP contribution in [-0.4, -0.2) is 26.9 Å². The van der Waals surface area contributed by atoms with Gasteiger partial charge < -0.3 is 14.8 Å². The van der Waals surface area contributed by atoms with E-state index in [2.05, 4.69) is 5.32 Å². The summed E-state index contributed by atoms with van der Waals surface area (Å²) >= 11 is 0. The van der Waals surface area contributed by atoms with Gasteiger partial charge in [0.15, 0.2) is 0 Å². The van der Waals surface area contributed by atoms with Gasteiger partial charge in [-0.2, -0.15) is 13.2 Å². The summed E-state index contributed by atoms with van der Waals surface area (Å²) < 4.78 is 48.5. The molecule has 1 aromatic rings. The molecule has 3 nitrogen and oxygen atoms in total. The maximum absolute atomic E-state index is 12.9. The average Bonchev–Trinajstić information content (AvgIpc) is 2.35. The Morgan fingerprint density at radius 3 is 2.58 bits per heavy atom. The van der Waals surface area contributed by atoms with Gasteiger partial charge in [0.2, 0.25) is 0 Å². The van der Waals surface area contributed by atoms with Crippen molar-refractivity contribution in [3.05, 3.63) is 29.3 Å². The maximum Gasteiger partial charge on any atom is 0.419 e. The SMILES string of the molecule is CCOc1ccc(CNCCOC)cc1C(F)(F)F. The van der Waals surface area contributed by atoms with Crippen molar-refractivity contribution < 1.29 is 22.6 Å². The molecule has 0 aliphatic carbocycles. The van der Waals surface area contributed by atoms with Gasteiger partial charge in [0.25, 0.3) is 0 Å². The zero-order valence-corrected chi connectivity index (χ0v) is 11.0. The Morgan fingerprint density at radius 1 is 1.26 bits per heavy atom. The summed E-state index contributed by atoms with van der Waals surface area (Å²) in [5.74, 6) is -0.129. The molecule has 0 saturated carbocycles. The highest BCUT2D eigenvalue weighted by Crippen LogP contribution is 2.36. The first-order chi connectivity index (χ1) is 8.99. The van der Waals surface area contributed by atoms with E-state index >= 15 is 0 Å². The predicted octanol–water partition coefficient (Wildman–Crippen LogP) is 2.84. The summed E-state index contributed by atoms with van der Waals surface area (Å²) in [5, 5.41) is 3.00. The minimum atomic E-state index is -4.41. The molecule has 0 heterocycles. The molecule has 0 aliphatic rings. The molecule has 0 radical (unpaired) electrons. The van der Waals surface area contributed by atoms with Gasteiger partial charge in [0.05, 0.1) is 18.8 Å². The Kier molecular flexibility index (Phi) is 6.11. The van der Waals surface area contributed by atoms with E-state index < -0.39 is 11.7 Å². The van der Waals surface area contributed by atoms with E-state index in [1.165, 1.54) is 6.07 Å². The number of ether oxygens (including phenoxy) is 2. The number of halogens is 3. The third-order valence-corrected chi connectivity index (χ3v) is 2.46. The Hall–Kier alpha value is -1.27. The molecular weight excluding hydrogens is 259 g/mol. The smallest absolute Gasteiger partial charge is 0.419 e. The largest absolute Gasteiger partial charge is 0.493 e. The second-order valence-electron chi connectivity index (χ2n) is 3.93. The van der Waals surface area contributed by atoms with Crippen LogP contribution in [0.15, 0.2) is 18.2 Å². The molecule has 0 saturated heterocycles. The van der Waals surface area contributed by atoms with Gasteiger partial charge in [0.1, 0.15) is 5.75 Å². The van der Waals surface area contributed by atoms with Crippen molar-refractivity contribution in [2.45, 2.75) is 19.6 Å². The van der Waals surface area contributed by atoms with E-state index in [1.807, 2.05) is 0 Å². The standard InChI is InChI=1S/C13H18F3NO2/c1-3-19-12-5-4-10(9-17-6-7-18-2)8-11(12)13(14,15)16/h4-5,8,17H,3,6-7,9H2,1-2H3. The molecule has 0 fully saturated rings. The number of rotatable bonds is 7. The number of alkyl halides is 3. The number of hydrogen-bond acceptors (Lipinski definition) is 3. The van der Waals surface area contributed by atoms with Gasteiger partial charge in [-0.15, -0.1) is 0 Å². The average molecular weight is 277 g/mol. The summed E-state index contributed by atoms with van der Waals surface area (Å²) in [5.41, 5.74) is -0.174. The van der Waals surface area contributed by atoms with Crippen molar-refractivity contribution in [1.82, 2.24) is 5.32 Å². The summed E-state index contributed by atoms with van der Waals surface area (Å²) in [6, 6.07) is 4.10. The second kappa shape index (κ2) is 7.35. The number of benzene rings is 1. The van der Waals surface area contributed by atoms with E-state index in [9.17, 15) is 13.2 Å². The third-order valence-electron chi connectivity index (χ3n) is 2.46. The first-order valence-corrected chi connectivity index (χ1v) is 6.01. The van der Waals surface area contributed by atoms with Crippen LogP contribution in [-0.2, 0) is 17.5 Å². The zero-order valence-electron chi connectivity index (χ0n) is 11.0. The Labute approximate surface area is 110 Å². The van der Waals surface area contributed by atoms with Crippen LogP contribution in [0.2, 0.25) is 0 Å². The highest BCUT2D eigenvalue weighted by molar-refractivity contribution is 5.39. The molecular formula is C13H18F3NO2. The van der Waals surface area contributed by atoms with Crippen molar-refractivity contribution in [2.24, 2.45) is 0 Å². The van der Waals surface area contributed by atoms with Gasteiger partial charge in [-0.3, -0.25) is 0 Å². The van der Waals surface area contributed by atoms with Crippen LogP contribution in [0, 0.1) is 0 Å². The molecule has 1 N–H and O–H groups in total. The quantitative estimate of drug-likeness (QED) is 0.777. The molecule has 1 aromatic carbocycles. The highest BCUT2D eigenvalue weighted by Gasteiger charge is 2.34. The summed E-state index contributed by atoms with van der Waals surface area (Å²) in [4.78, 5) is 0. The van der Waals surface area contributed by atoms with Gasteiger partial charge in [-0.1, -0.05) is 6.07 Å². The highest BCUT2D eigenvalue weighted by atomic mass is 19.4. The lowest BCUT2D eigenvalue weighted by Crippen LogP contribution is -2.19. The van der Waals surface area contributed by atoms with Crippen LogP contribution in [0.25, 0.3) is 0 Å². The fourth-order valence-corrected chi connectivity index (χ4v) is 1.60. The van der Waals surface area contributed by atoms with Crippen molar-refractivity contribution in [3.63, 3.8) is 0 Å². The number of nitrogens with one attached hydrogen (secondary N) is 1. The van der Waals surface area contributed by atoms with E-state index in [-0.39, 0.29) is 12.4 Å². The topological polar surface area (TPSA) is 30.5 Å². The number of methoxy groups -OCH3 is 1. The van der Waals surface area contributed by atoms with E-state index in [4.69, 9.17) is 9.47 Å². The Balaban J connectivity index is 2.80. The normalized spacial score (nSPS) is 11.6. The molecule has 0 spiro atoms. The van der Waals surface area contributed by atoms with Gasteiger partial charge >= 0.3 is 6.18 Å². The van der Waals surface area contributed by atoms with Crippen molar-refractivity contribution in [2.75, 3.05) is 26.9 Å². The van der Waals surface area contributed by atoms with Crippen molar-refractivity contribution >= 4 is 0 Å². The molecule has 1 rings (SSSR count). The Bertz CT molecular complexity index is 394. The summed E-state index contributed by atoms with van der Waals surface area (Å²) in [6.45, 7) is 3.32. The van der Waals surface area contributed by atoms with Gasteiger partial charge in [0, 0.05) is 20.2 Å². The van der Waals surface area contributed by atoms with Crippen LogP contribution in [0.1, 0.15) is 18.1 Å².